The third-order valence-electron chi connectivity index (χ3n) is 4.26. The zero-order chi connectivity index (χ0) is 14.0. The summed E-state index contributed by atoms with van der Waals surface area (Å²) in [6.45, 7) is 6.40. The predicted molar refractivity (Wildman–Crippen MR) is 80.5 cm³/mol. The largest absolute Gasteiger partial charge is 0.394 e. The van der Waals surface area contributed by atoms with E-state index in [9.17, 15) is 5.11 Å². The average molecular weight is 271 g/mol. The van der Waals surface area contributed by atoms with E-state index < -0.39 is 0 Å². The van der Waals surface area contributed by atoms with Gasteiger partial charge in [-0.15, -0.1) is 0 Å². The molecule has 0 spiro atoms. The molecule has 1 aliphatic rings. The molecular weight excluding hydrogens is 238 g/mol. The number of hydrogen-bond acceptors (Lipinski definition) is 3. The molecule has 114 valence electrons. The molecule has 0 aliphatic heterocycles. The monoisotopic (exact) mass is 271 g/mol. The molecule has 2 atom stereocenters. The molecule has 3 nitrogen and oxygen atoms in total. The van der Waals surface area contributed by atoms with Crippen LogP contribution in [0.15, 0.2) is 0 Å². The zero-order valence-corrected chi connectivity index (χ0v) is 12.9. The minimum absolute atomic E-state index is 0.0835. The van der Waals surface area contributed by atoms with E-state index in [0.717, 1.165) is 38.8 Å². The smallest absolute Gasteiger partial charge is 0.0614 e. The number of hydrogen-bond donors (Lipinski definition) is 2. The number of aliphatic hydroxyl groups excluding tert-OH is 1. The number of unbranched alkanes of at least 4 members (excludes halogenated alkanes) is 4. The van der Waals surface area contributed by atoms with Crippen molar-refractivity contribution in [3.63, 3.8) is 0 Å². The van der Waals surface area contributed by atoms with Crippen molar-refractivity contribution in [2.24, 2.45) is 0 Å². The summed E-state index contributed by atoms with van der Waals surface area (Å²) in [7, 11) is 0. The van der Waals surface area contributed by atoms with E-state index in [-0.39, 0.29) is 12.1 Å². The lowest BCUT2D eigenvalue weighted by Crippen LogP contribution is -2.53. The molecule has 2 unspecified atom stereocenters. The van der Waals surface area contributed by atoms with Crippen LogP contribution < -0.4 is 5.32 Å². The molecule has 0 heterocycles. The van der Waals surface area contributed by atoms with Crippen LogP contribution >= 0.6 is 0 Å². The van der Waals surface area contributed by atoms with Gasteiger partial charge in [0.2, 0.25) is 0 Å². The second kappa shape index (κ2) is 9.73. The number of aliphatic hydroxyl groups is 1. The first-order chi connectivity index (χ1) is 9.26. The third-order valence-corrected chi connectivity index (χ3v) is 4.26. The molecule has 1 aliphatic carbocycles. The molecule has 1 fully saturated rings. The van der Waals surface area contributed by atoms with Crippen LogP contribution in [-0.2, 0) is 4.74 Å². The minimum atomic E-state index is -0.0835. The molecule has 0 radical (unpaired) electrons. The summed E-state index contributed by atoms with van der Waals surface area (Å²) in [4.78, 5) is 0. The van der Waals surface area contributed by atoms with Gasteiger partial charge in [0.1, 0.15) is 0 Å². The fourth-order valence-corrected chi connectivity index (χ4v) is 3.14. The van der Waals surface area contributed by atoms with Crippen molar-refractivity contribution in [1.29, 1.82) is 0 Å². The summed E-state index contributed by atoms with van der Waals surface area (Å²) in [6, 6.07) is 0. The van der Waals surface area contributed by atoms with Crippen LogP contribution in [0.1, 0.15) is 71.6 Å². The highest BCUT2D eigenvalue weighted by Gasteiger charge is 2.35. The summed E-state index contributed by atoms with van der Waals surface area (Å²) in [5.74, 6) is 0. The van der Waals surface area contributed by atoms with Crippen LogP contribution in [0.2, 0.25) is 0 Å². The second-order valence-electron chi connectivity index (χ2n) is 5.97. The Balaban J connectivity index is 2.19. The van der Waals surface area contributed by atoms with E-state index in [1.165, 1.54) is 32.1 Å². The van der Waals surface area contributed by atoms with E-state index in [2.05, 4.69) is 19.2 Å². The molecule has 1 saturated carbocycles. The maximum Gasteiger partial charge on any atom is 0.0614 e. The van der Waals surface area contributed by atoms with Crippen molar-refractivity contribution in [1.82, 2.24) is 5.32 Å². The highest BCUT2D eigenvalue weighted by atomic mass is 16.5. The zero-order valence-electron chi connectivity index (χ0n) is 12.9. The molecule has 0 bridgehead atoms. The van der Waals surface area contributed by atoms with E-state index in [1.54, 1.807) is 0 Å². The normalized spacial score (nSPS) is 27.6. The molecule has 0 amide bonds. The Kier molecular flexibility index (Phi) is 8.67. The van der Waals surface area contributed by atoms with Crippen LogP contribution in [-0.4, -0.2) is 36.5 Å². The topological polar surface area (TPSA) is 41.5 Å². The maximum absolute atomic E-state index is 9.64. The highest BCUT2D eigenvalue weighted by Crippen LogP contribution is 2.30. The first-order valence-corrected chi connectivity index (χ1v) is 8.24. The van der Waals surface area contributed by atoms with Crippen LogP contribution in [0.25, 0.3) is 0 Å². The van der Waals surface area contributed by atoms with Gasteiger partial charge in [-0.05, 0) is 38.6 Å². The molecule has 1 rings (SSSR count). The summed E-state index contributed by atoms with van der Waals surface area (Å²) >= 11 is 0. The first-order valence-electron chi connectivity index (χ1n) is 8.24. The van der Waals surface area contributed by atoms with Crippen molar-refractivity contribution < 1.29 is 9.84 Å². The van der Waals surface area contributed by atoms with Crippen molar-refractivity contribution in [2.75, 3.05) is 19.8 Å². The molecule has 3 heteroatoms. The van der Waals surface area contributed by atoms with Gasteiger partial charge in [-0.25, -0.2) is 0 Å². The Morgan fingerprint density at radius 2 is 2.00 bits per heavy atom. The number of rotatable bonds is 10. The van der Waals surface area contributed by atoms with Crippen molar-refractivity contribution in [3.8, 4) is 0 Å². The third kappa shape index (κ3) is 6.24. The van der Waals surface area contributed by atoms with Gasteiger partial charge in [-0.2, -0.15) is 0 Å². The summed E-state index contributed by atoms with van der Waals surface area (Å²) < 4.78 is 6.02. The van der Waals surface area contributed by atoms with E-state index in [1.807, 2.05) is 0 Å². The van der Waals surface area contributed by atoms with Gasteiger partial charge in [-0.1, -0.05) is 39.5 Å². The average Bonchev–Trinajstić information content (AvgIpc) is 2.43. The SMILES string of the molecule is CCCCCCCOC1CCCC(CO)(NCC)C1. The van der Waals surface area contributed by atoms with Gasteiger partial charge in [-0.3, -0.25) is 0 Å². The Hall–Kier alpha value is -0.120. The Bertz CT molecular complexity index is 219. The molecule has 2 N–H and O–H groups in total. The number of likely N-dealkylation sites (N-methyl/N-ethyl adjacent to an activating group) is 1. The number of nitrogens with one attached hydrogen (secondary N) is 1. The second-order valence-corrected chi connectivity index (χ2v) is 5.97. The number of ether oxygens (including phenoxy) is 1. The molecule has 0 aromatic heterocycles. The Labute approximate surface area is 119 Å². The summed E-state index contributed by atoms with van der Waals surface area (Å²) in [6.07, 6.45) is 11.1. The van der Waals surface area contributed by atoms with Gasteiger partial charge in [0.25, 0.3) is 0 Å². The lowest BCUT2D eigenvalue weighted by Gasteiger charge is -2.40. The molecule has 0 saturated heterocycles. The molecule has 0 aromatic carbocycles. The van der Waals surface area contributed by atoms with Crippen molar-refractivity contribution in [2.45, 2.75) is 83.3 Å². The van der Waals surface area contributed by atoms with E-state index >= 15 is 0 Å². The van der Waals surface area contributed by atoms with Gasteiger partial charge in [0, 0.05) is 12.1 Å². The fourth-order valence-electron chi connectivity index (χ4n) is 3.14. The van der Waals surface area contributed by atoms with Gasteiger partial charge < -0.3 is 15.2 Å². The molecular formula is C16H33NO2. The quantitative estimate of drug-likeness (QED) is 0.599. The molecule has 0 aromatic rings. The molecule has 19 heavy (non-hydrogen) atoms. The van der Waals surface area contributed by atoms with Crippen LogP contribution in [0.3, 0.4) is 0 Å². The van der Waals surface area contributed by atoms with E-state index in [4.69, 9.17) is 4.74 Å². The van der Waals surface area contributed by atoms with Crippen molar-refractivity contribution >= 4 is 0 Å². The van der Waals surface area contributed by atoms with Crippen molar-refractivity contribution in [3.05, 3.63) is 0 Å². The fraction of sp³-hybridized carbons (Fsp3) is 1.00. The lowest BCUT2D eigenvalue weighted by molar-refractivity contribution is -0.0165. The Morgan fingerprint density at radius 1 is 1.21 bits per heavy atom. The standard InChI is InChI=1S/C16H33NO2/c1-3-5-6-7-8-12-19-15-10-9-11-16(13-15,14-18)17-4-2/h15,17-18H,3-14H2,1-2H3. The van der Waals surface area contributed by atoms with E-state index in [0.29, 0.717) is 6.10 Å². The minimum Gasteiger partial charge on any atom is -0.394 e. The van der Waals surface area contributed by atoms with Gasteiger partial charge in [0.15, 0.2) is 0 Å². The first kappa shape index (κ1) is 16.9. The summed E-state index contributed by atoms with van der Waals surface area (Å²) in [5, 5.41) is 13.1. The predicted octanol–water partition coefficient (Wildman–Crippen LogP) is 3.26. The van der Waals surface area contributed by atoms with Crippen LogP contribution in [0.4, 0.5) is 0 Å². The Morgan fingerprint density at radius 3 is 2.68 bits per heavy atom. The highest BCUT2D eigenvalue weighted by molar-refractivity contribution is 4.93. The van der Waals surface area contributed by atoms with Crippen LogP contribution in [0, 0.1) is 0 Å². The lowest BCUT2D eigenvalue weighted by atomic mass is 9.80. The summed E-state index contributed by atoms with van der Waals surface area (Å²) in [5.41, 5.74) is -0.0835. The maximum atomic E-state index is 9.64. The van der Waals surface area contributed by atoms with Crippen LogP contribution in [0.5, 0.6) is 0 Å². The van der Waals surface area contributed by atoms with Gasteiger partial charge >= 0.3 is 0 Å². The van der Waals surface area contributed by atoms with Gasteiger partial charge in [0.05, 0.1) is 12.7 Å².